The normalized spacial score (nSPS) is 20.2. The second kappa shape index (κ2) is 8.32. The van der Waals surface area contributed by atoms with Crippen molar-refractivity contribution in [2.45, 2.75) is 47.2 Å². The molecule has 0 amide bonds. The number of hydrogen-bond donors (Lipinski definition) is 0. The van der Waals surface area contributed by atoms with E-state index in [1.807, 2.05) is 6.56 Å². The van der Waals surface area contributed by atoms with Gasteiger partial charge in [-0.2, -0.15) is 0 Å². The molecule has 2 aliphatic rings. The first-order valence-electron chi connectivity index (χ1n) is 6.87. The summed E-state index contributed by atoms with van der Waals surface area (Å²) in [6, 6.07) is 0. The number of halogens is 2. The van der Waals surface area contributed by atoms with Gasteiger partial charge in [0.1, 0.15) is 0 Å². The smallest absolute Gasteiger partial charge is 1.00 e. The first kappa shape index (κ1) is 20.6. The van der Waals surface area contributed by atoms with Crippen molar-refractivity contribution in [1.82, 2.24) is 0 Å². The molecule has 0 spiro atoms. The Morgan fingerprint density at radius 2 is 1.70 bits per heavy atom. The fourth-order valence-electron chi connectivity index (χ4n) is 3.16. The molecule has 4 heteroatoms. The van der Waals surface area contributed by atoms with Crippen molar-refractivity contribution in [2.75, 3.05) is 0 Å². The van der Waals surface area contributed by atoms with E-state index in [-0.39, 0.29) is 30.2 Å². The van der Waals surface area contributed by atoms with Gasteiger partial charge in [-0.15, -0.1) is 0 Å². The average Bonchev–Trinajstić information content (AvgIpc) is 2.89. The summed E-state index contributed by atoms with van der Waals surface area (Å²) in [7, 11) is 0. The summed E-state index contributed by atoms with van der Waals surface area (Å²) in [4.78, 5) is 0. The van der Waals surface area contributed by atoms with Crippen LogP contribution in [0, 0.1) is 5.92 Å². The fourth-order valence-corrected chi connectivity index (χ4v) is 21.8. The Morgan fingerprint density at radius 1 is 1.10 bits per heavy atom. The molecular weight excluding hydrogens is 382 g/mol. The minimum atomic E-state index is -1.53. The number of hydrogen-bond acceptors (Lipinski definition) is 0. The maximum atomic E-state index is 2.55. The van der Waals surface area contributed by atoms with Crippen LogP contribution in [0.15, 0.2) is 41.5 Å². The van der Waals surface area contributed by atoms with Gasteiger partial charge in [-0.25, -0.2) is 0 Å². The fraction of sp³-hybridized carbons (Fsp3) is 0.500. The van der Waals surface area contributed by atoms with Gasteiger partial charge in [0.15, 0.2) is 0 Å². The second-order valence-corrected chi connectivity index (χ2v) is 22.8. The van der Waals surface area contributed by atoms with Gasteiger partial charge in [-0.05, 0) is 0 Å². The average molecular weight is 407 g/mol. The molecule has 0 aliphatic heterocycles. The Morgan fingerprint density at radius 3 is 2.05 bits per heavy atom. The van der Waals surface area contributed by atoms with E-state index >= 15 is 0 Å². The molecule has 0 N–H and O–H groups in total. The van der Waals surface area contributed by atoms with E-state index in [9.17, 15) is 0 Å². The summed E-state index contributed by atoms with van der Waals surface area (Å²) in [5.41, 5.74) is 4.74. The van der Waals surface area contributed by atoms with Crippen molar-refractivity contribution in [3.63, 3.8) is 0 Å². The Balaban J connectivity index is 0.00000180. The van der Waals surface area contributed by atoms with Crippen LogP contribution < -0.4 is 24.8 Å². The third kappa shape index (κ3) is 3.69. The van der Waals surface area contributed by atoms with E-state index in [2.05, 4.69) is 59.0 Å². The van der Waals surface area contributed by atoms with Gasteiger partial charge in [0, 0.05) is 0 Å². The van der Waals surface area contributed by atoms with Gasteiger partial charge in [-0.1, -0.05) is 0 Å². The van der Waals surface area contributed by atoms with Gasteiger partial charge in [0.05, 0.1) is 0 Å². The van der Waals surface area contributed by atoms with Crippen LogP contribution in [0.5, 0.6) is 0 Å². The summed E-state index contributed by atoms with van der Waals surface area (Å²) < 4.78 is 3.77. The predicted molar refractivity (Wildman–Crippen MR) is 79.6 cm³/mol. The molecule has 0 saturated heterocycles. The van der Waals surface area contributed by atoms with E-state index in [1.165, 1.54) is 6.42 Å². The van der Waals surface area contributed by atoms with Crippen LogP contribution in [-0.2, 0) is 20.4 Å². The molecule has 0 aromatic rings. The van der Waals surface area contributed by atoms with Crippen molar-refractivity contribution in [3.8, 4) is 0 Å². The van der Waals surface area contributed by atoms with E-state index in [0.29, 0.717) is 0 Å². The monoisotopic (exact) mass is 404 g/mol. The van der Waals surface area contributed by atoms with Crippen molar-refractivity contribution in [2.24, 2.45) is 5.92 Å². The molecule has 2 aliphatic carbocycles. The third-order valence-electron chi connectivity index (χ3n) is 4.50. The Kier molecular flexibility index (Phi) is 8.59. The predicted octanol–water partition coefficient (Wildman–Crippen LogP) is -1.03. The van der Waals surface area contributed by atoms with E-state index in [0.717, 1.165) is 5.92 Å². The standard InChI is InChI=1S/C9H13.C5H5.C2H6Si.2ClH.Zr/c1-6-5-7(2)9(4)8(6)3;1-2-4-5-3-1;1-3-2;;;/h6H,1-4H3;1-3H,4H2;1-2H3;2*1H;/q;;;;;+2/p-2. The third-order valence-corrected chi connectivity index (χ3v) is 22.2. The molecule has 0 fully saturated rings. The van der Waals surface area contributed by atoms with Crippen LogP contribution >= 0.6 is 0 Å². The van der Waals surface area contributed by atoms with Gasteiger partial charge in [0.2, 0.25) is 0 Å². The van der Waals surface area contributed by atoms with Crippen LogP contribution in [0.1, 0.15) is 34.1 Å². The summed E-state index contributed by atoms with van der Waals surface area (Å²) in [6.45, 7) is 14.6. The molecule has 0 nitrogen and oxygen atoms in total. The summed E-state index contributed by atoms with van der Waals surface area (Å²) in [5, 5.41) is 0. The Labute approximate surface area is 144 Å². The van der Waals surface area contributed by atoms with Crippen LogP contribution in [0.3, 0.4) is 0 Å². The van der Waals surface area contributed by atoms with Crippen molar-refractivity contribution >= 4 is 5.43 Å². The first-order chi connectivity index (χ1) is 8.45. The topological polar surface area (TPSA) is 0 Å². The van der Waals surface area contributed by atoms with E-state index in [1.54, 1.807) is 16.7 Å². The summed E-state index contributed by atoms with van der Waals surface area (Å²) >= 11 is -1.53. The minimum Gasteiger partial charge on any atom is -1.00 e. The van der Waals surface area contributed by atoms with Crippen LogP contribution in [0.25, 0.3) is 0 Å². The molecule has 1 atom stereocenters. The molecule has 0 heterocycles. The van der Waals surface area contributed by atoms with Crippen molar-refractivity contribution in [3.05, 3.63) is 41.5 Å². The molecule has 0 radical (unpaired) electrons. The number of rotatable bonds is 2. The first-order valence-corrected chi connectivity index (χ1v) is 15.5. The molecular formula is C16H24Cl2SiZr. The molecule has 0 aromatic carbocycles. The molecule has 2 rings (SSSR count). The summed E-state index contributed by atoms with van der Waals surface area (Å²) in [6.07, 6.45) is 8.33. The molecule has 20 heavy (non-hydrogen) atoms. The SMILES string of the molecule is CC1=C(C)C(C)[C]([Zr+2]([C]2=CC=CC2)=[Si](C)C)=C1C.[Cl-].[Cl-]. The van der Waals surface area contributed by atoms with Crippen LogP contribution in [0.2, 0.25) is 13.1 Å². The second-order valence-electron chi connectivity index (χ2n) is 5.77. The van der Waals surface area contributed by atoms with Gasteiger partial charge in [0.25, 0.3) is 0 Å². The molecule has 0 bridgehead atoms. The van der Waals surface area contributed by atoms with Gasteiger partial charge >= 0.3 is 120 Å². The number of allylic oxidation sites excluding steroid dienone is 8. The van der Waals surface area contributed by atoms with Gasteiger partial charge in [-0.3, -0.25) is 0 Å². The molecule has 0 saturated carbocycles. The molecule has 1 unspecified atom stereocenters. The Hall–Kier alpha value is 0.640. The zero-order valence-corrected chi connectivity index (χ0v) is 18.2. The largest absolute Gasteiger partial charge is 1.00 e. The van der Waals surface area contributed by atoms with Gasteiger partial charge < -0.3 is 24.8 Å². The van der Waals surface area contributed by atoms with E-state index < -0.39 is 20.4 Å². The maximum Gasteiger partial charge on any atom is -1.00 e. The zero-order valence-electron chi connectivity index (χ0n) is 13.3. The van der Waals surface area contributed by atoms with Crippen molar-refractivity contribution < 1.29 is 45.2 Å². The zero-order chi connectivity index (χ0) is 13.4. The molecule has 0 aromatic heterocycles. The maximum absolute atomic E-state index is 2.55. The van der Waals surface area contributed by atoms with E-state index in [4.69, 9.17) is 0 Å². The quantitative estimate of drug-likeness (QED) is 0.515. The van der Waals surface area contributed by atoms with Crippen LogP contribution in [-0.4, -0.2) is 5.43 Å². The van der Waals surface area contributed by atoms with Crippen LogP contribution in [0.4, 0.5) is 0 Å². The summed E-state index contributed by atoms with van der Waals surface area (Å²) in [5.74, 6) is 0.737. The minimum absolute atomic E-state index is 0. The Bertz CT molecular complexity index is 547. The van der Waals surface area contributed by atoms with Crippen molar-refractivity contribution in [1.29, 1.82) is 0 Å². The molecule has 110 valence electrons.